The Morgan fingerprint density at radius 2 is 1.76 bits per heavy atom. The van der Waals surface area contributed by atoms with Gasteiger partial charge in [0.1, 0.15) is 18.2 Å². The number of ether oxygens (including phenoxy) is 1. The molecule has 2 aromatic carbocycles. The van der Waals surface area contributed by atoms with Crippen LogP contribution in [0.3, 0.4) is 0 Å². The minimum Gasteiger partial charge on any atom is -0.488 e. The Balaban J connectivity index is 2.25. The fourth-order valence-electron chi connectivity index (χ4n) is 2.08. The summed E-state index contributed by atoms with van der Waals surface area (Å²) in [6, 6.07) is 9.04. The molecule has 2 rings (SSSR count). The van der Waals surface area contributed by atoms with Crippen LogP contribution in [0.4, 0.5) is 4.39 Å². The first kappa shape index (κ1) is 15.5. The SMILES string of the molecule is Cc1cc(S(N)(=O)=O)cc(C)c1OCc1cccc(F)c1. The molecule has 0 fully saturated rings. The summed E-state index contributed by atoms with van der Waals surface area (Å²) in [5, 5.41) is 5.12. The van der Waals surface area contributed by atoms with Crippen LogP contribution in [-0.2, 0) is 16.6 Å². The first-order chi connectivity index (χ1) is 9.77. The molecule has 0 bridgehead atoms. The van der Waals surface area contributed by atoms with E-state index in [1.165, 1.54) is 24.3 Å². The maximum absolute atomic E-state index is 13.1. The van der Waals surface area contributed by atoms with Gasteiger partial charge in [0.25, 0.3) is 0 Å². The molecule has 0 amide bonds. The number of aryl methyl sites for hydroxylation is 2. The summed E-state index contributed by atoms with van der Waals surface area (Å²) in [7, 11) is -3.74. The van der Waals surface area contributed by atoms with Crippen molar-refractivity contribution in [2.75, 3.05) is 0 Å². The van der Waals surface area contributed by atoms with Crippen molar-refractivity contribution in [1.29, 1.82) is 0 Å². The maximum atomic E-state index is 13.1. The Kier molecular flexibility index (Phi) is 4.29. The van der Waals surface area contributed by atoms with Crippen molar-refractivity contribution in [3.8, 4) is 5.75 Å². The van der Waals surface area contributed by atoms with Crippen LogP contribution in [-0.4, -0.2) is 8.42 Å². The molecule has 0 spiro atoms. The maximum Gasteiger partial charge on any atom is 0.238 e. The summed E-state index contributed by atoms with van der Waals surface area (Å²) < 4.78 is 41.5. The van der Waals surface area contributed by atoms with E-state index in [0.29, 0.717) is 22.4 Å². The van der Waals surface area contributed by atoms with Gasteiger partial charge in [-0.2, -0.15) is 0 Å². The van der Waals surface area contributed by atoms with E-state index in [1.807, 2.05) is 0 Å². The van der Waals surface area contributed by atoms with E-state index in [9.17, 15) is 12.8 Å². The number of nitrogens with two attached hydrogens (primary N) is 1. The molecule has 0 aromatic heterocycles. The van der Waals surface area contributed by atoms with Crippen molar-refractivity contribution in [3.63, 3.8) is 0 Å². The molecule has 112 valence electrons. The lowest BCUT2D eigenvalue weighted by molar-refractivity contribution is 0.301. The van der Waals surface area contributed by atoms with E-state index < -0.39 is 10.0 Å². The van der Waals surface area contributed by atoms with Gasteiger partial charge < -0.3 is 4.74 Å². The minimum absolute atomic E-state index is 0.0515. The first-order valence-corrected chi connectivity index (χ1v) is 7.83. The van der Waals surface area contributed by atoms with E-state index >= 15 is 0 Å². The average molecular weight is 309 g/mol. The molecule has 0 atom stereocenters. The Labute approximate surface area is 123 Å². The molecule has 0 aliphatic carbocycles. The van der Waals surface area contributed by atoms with Crippen molar-refractivity contribution in [2.45, 2.75) is 25.3 Å². The zero-order valence-electron chi connectivity index (χ0n) is 11.8. The van der Waals surface area contributed by atoms with E-state index in [1.54, 1.807) is 26.0 Å². The molecule has 0 radical (unpaired) electrons. The molecule has 0 unspecified atom stereocenters. The third-order valence-electron chi connectivity index (χ3n) is 3.03. The van der Waals surface area contributed by atoms with Gasteiger partial charge in [-0.3, -0.25) is 0 Å². The zero-order valence-corrected chi connectivity index (χ0v) is 12.6. The molecular formula is C15H16FNO3S. The monoisotopic (exact) mass is 309 g/mol. The van der Waals surface area contributed by atoms with Gasteiger partial charge in [-0.1, -0.05) is 12.1 Å². The number of hydrogen-bond donors (Lipinski definition) is 1. The highest BCUT2D eigenvalue weighted by molar-refractivity contribution is 7.89. The van der Waals surface area contributed by atoms with Crippen LogP contribution in [0.25, 0.3) is 0 Å². The second-order valence-corrected chi connectivity index (χ2v) is 6.41. The predicted molar refractivity (Wildman–Crippen MR) is 78.0 cm³/mol. The smallest absolute Gasteiger partial charge is 0.238 e. The first-order valence-electron chi connectivity index (χ1n) is 6.28. The highest BCUT2D eigenvalue weighted by Crippen LogP contribution is 2.27. The normalized spacial score (nSPS) is 11.4. The number of primary sulfonamides is 1. The van der Waals surface area contributed by atoms with E-state index in [2.05, 4.69) is 0 Å². The summed E-state index contributed by atoms with van der Waals surface area (Å²) >= 11 is 0. The number of benzene rings is 2. The Morgan fingerprint density at radius 1 is 1.14 bits per heavy atom. The van der Waals surface area contributed by atoms with E-state index in [-0.39, 0.29) is 17.3 Å². The van der Waals surface area contributed by atoms with E-state index in [4.69, 9.17) is 9.88 Å². The molecule has 0 aliphatic rings. The minimum atomic E-state index is -3.74. The van der Waals surface area contributed by atoms with E-state index in [0.717, 1.165) is 0 Å². The van der Waals surface area contributed by atoms with Crippen LogP contribution in [0, 0.1) is 19.7 Å². The van der Waals surface area contributed by atoms with Crippen LogP contribution < -0.4 is 9.88 Å². The van der Waals surface area contributed by atoms with Crippen molar-refractivity contribution in [2.24, 2.45) is 5.14 Å². The quantitative estimate of drug-likeness (QED) is 0.944. The summed E-state index contributed by atoms with van der Waals surface area (Å²) in [6.07, 6.45) is 0. The molecule has 2 aromatic rings. The predicted octanol–water partition coefficient (Wildman–Crippen LogP) is 2.67. The molecule has 0 aliphatic heterocycles. The third-order valence-corrected chi connectivity index (χ3v) is 3.93. The molecule has 0 saturated carbocycles. The molecule has 21 heavy (non-hydrogen) atoms. The topological polar surface area (TPSA) is 69.4 Å². The van der Waals surface area contributed by atoms with Crippen molar-refractivity contribution in [1.82, 2.24) is 0 Å². The van der Waals surface area contributed by atoms with Gasteiger partial charge in [0.2, 0.25) is 10.0 Å². The fourth-order valence-corrected chi connectivity index (χ4v) is 2.77. The number of halogens is 1. The van der Waals surface area contributed by atoms with Crippen LogP contribution in [0.5, 0.6) is 5.75 Å². The molecule has 0 saturated heterocycles. The van der Waals surface area contributed by atoms with Gasteiger partial charge in [-0.05, 0) is 54.8 Å². The Hall–Kier alpha value is -1.92. The van der Waals surface area contributed by atoms with Gasteiger partial charge in [-0.15, -0.1) is 0 Å². The molecule has 4 nitrogen and oxygen atoms in total. The highest BCUT2D eigenvalue weighted by atomic mass is 32.2. The van der Waals surface area contributed by atoms with Crippen LogP contribution in [0.2, 0.25) is 0 Å². The zero-order chi connectivity index (χ0) is 15.6. The number of hydrogen-bond acceptors (Lipinski definition) is 3. The van der Waals surface area contributed by atoms with Crippen molar-refractivity contribution in [3.05, 3.63) is 58.9 Å². The van der Waals surface area contributed by atoms with Gasteiger partial charge in [0, 0.05) is 0 Å². The van der Waals surface area contributed by atoms with Gasteiger partial charge in [0.05, 0.1) is 4.90 Å². The lowest BCUT2D eigenvalue weighted by Gasteiger charge is -2.13. The third kappa shape index (κ3) is 3.80. The average Bonchev–Trinajstić information content (AvgIpc) is 2.36. The molecular weight excluding hydrogens is 293 g/mol. The fraction of sp³-hybridized carbons (Fsp3) is 0.200. The largest absolute Gasteiger partial charge is 0.488 e. The molecule has 6 heteroatoms. The Morgan fingerprint density at radius 3 is 2.29 bits per heavy atom. The summed E-state index contributed by atoms with van der Waals surface area (Å²) in [6.45, 7) is 3.68. The van der Waals surface area contributed by atoms with Crippen molar-refractivity contribution >= 4 is 10.0 Å². The molecule has 2 N–H and O–H groups in total. The molecule has 0 heterocycles. The van der Waals surface area contributed by atoms with Gasteiger partial charge in [0.15, 0.2) is 0 Å². The number of rotatable bonds is 4. The highest BCUT2D eigenvalue weighted by Gasteiger charge is 2.13. The summed E-state index contributed by atoms with van der Waals surface area (Å²) in [5.74, 6) is 0.251. The van der Waals surface area contributed by atoms with Crippen LogP contribution in [0.1, 0.15) is 16.7 Å². The lowest BCUT2D eigenvalue weighted by atomic mass is 10.1. The summed E-state index contributed by atoms with van der Waals surface area (Å²) in [5.41, 5.74) is 2.02. The van der Waals surface area contributed by atoms with Gasteiger partial charge in [-0.25, -0.2) is 17.9 Å². The van der Waals surface area contributed by atoms with Crippen LogP contribution in [0.15, 0.2) is 41.3 Å². The van der Waals surface area contributed by atoms with Crippen LogP contribution >= 0.6 is 0 Å². The lowest BCUT2D eigenvalue weighted by Crippen LogP contribution is -2.13. The number of sulfonamides is 1. The second-order valence-electron chi connectivity index (χ2n) is 4.85. The second kappa shape index (κ2) is 5.83. The van der Waals surface area contributed by atoms with Gasteiger partial charge >= 0.3 is 0 Å². The van der Waals surface area contributed by atoms with Crippen molar-refractivity contribution < 1.29 is 17.5 Å². The summed E-state index contributed by atoms with van der Waals surface area (Å²) in [4.78, 5) is 0.0515. The standard InChI is InChI=1S/C15H16FNO3S/c1-10-6-14(21(17,18)19)7-11(2)15(10)20-9-12-4-3-5-13(16)8-12/h3-8H,9H2,1-2H3,(H2,17,18,19). The Bertz CT molecular complexity index is 749.